The number of halogens is 3. The highest BCUT2D eigenvalue weighted by molar-refractivity contribution is 5.77. The summed E-state index contributed by atoms with van der Waals surface area (Å²) in [5.74, 6) is -0.192. The van der Waals surface area contributed by atoms with E-state index in [1.54, 1.807) is 4.52 Å². The van der Waals surface area contributed by atoms with E-state index in [9.17, 15) is 22.8 Å². The zero-order chi connectivity index (χ0) is 19.1. The van der Waals surface area contributed by atoms with Gasteiger partial charge in [0.1, 0.15) is 0 Å². The van der Waals surface area contributed by atoms with Crippen molar-refractivity contribution in [2.24, 2.45) is 0 Å². The van der Waals surface area contributed by atoms with Gasteiger partial charge in [-0.15, -0.1) is 0 Å². The van der Waals surface area contributed by atoms with E-state index in [1.165, 1.54) is 11.0 Å². The number of carbonyl (C=O) groups is 1. The lowest BCUT2D eigenvalue weighted by molar-refractivity contribution is -0.132. The van der Waals surface area contributed by atoms with Crippen LogP contribution in [0.15, 0.2) is 22.5 Å². The predicted octanol–water partition coefficient (Wildman–Crippen LogP) is 2.29. The first-order chi connectivity index (χ1) is 12.2. The Hall–Kier alpha value is -2.58. The van der Waals surface area contributed by atoms with Crippen molar-refractivity contribution in [2.45, 2.75) is 39.3 Å². The van der Waals surface area contributed by atoms with Crippen molar-refractivity contribution in [3.8, 4) is 0 Å². The molecule has 1 aliphatic heterocycles. The van der Waals surface area contributed by atoms with Crippen LogP contribution in [0, 0.1) is 13.8 Å². The summed E-state index contributed by atoms with van der Waals surface area (Å²) in [5, 5.41) is 2.65. The highest BCUT2D eigenvalue weighted by Crippen LogP contribution is 2.30. The van der Waals surface area contributed by atoms with Crippen LogP contribution in [0.1, 0.15) is 29.8 Å². The smallest absolute Gasteiger partial charge is 0.339 e. The number of nitrogens with one attached hydrogen (secondary N) is 1. The van der Waals surface area contributed by atoms with Crippen LogP contribution in [0.5, 0.6) is 0 Å². The van der Waals surface area contributed by atoms with Gasteiger partial charge >= 0.3 is 6.18 Å². The number of rotatable bonds is 3. The predicted molar refractivity (Wildman–Crippen MR) is 88.9 cm³/mol. The number of carbonyl (C=O) groups excluding carboxylic acids is 1. The largest absolute Gasteiger partial charge is 0.412 e. The van der Waals surface area contributed by atoms with E-state index in [0.29, 0.717) is 12.1 Å². The first kappa shape index (κ1) is 18.2. The van der Waals surface area contributed by atoms with Gasteiger partial charge < -0.3 is 4.90 Å². The van der Waals surface area contributed by atoms with E-state index >= 15 is 0 Å². The van der Waals surface area contributed by atoms with E-state index < -0.39 is 11.7 Å². The second-order valence-corrected chi connectivity index (χ2v) is 6.39. The molecule has 140 valence electrons. The molecule has 9 heteroatoms. The maximum atomic E-state index is 12.7. The standard InChI is InChI=1S/C17H19F3N4O2/c1-10-13(11(2)24-14(21-10)9-15(25)22-24)3-4-16(26)23-7-5-12(6-8-23)17(18,19)20/h5,9H,3-4,6-8H2,1-2H3,(H,22,25). The van der Waals surface area contributed by atoms with Crippen molar-refractivity contribution >= 4 is 11.6 Å². The first-order valence-corrected chi connectivity index (χ1v) is 8.28. The summed E-state index contributed by atoms with van der Waals surface area (Å²) < 4.78 is 39.5. The molecule has 2 aromatic heterocycles. The van der Waals surface area contributed by atoms with Gasteiger partial charge in [-0.3, -0.25) is 14.7 Å². The molecule has 0 unspecified atom stereocenters. The average molecular weight is 368 g/mol. The van der Waals surface area contributed by atoms with Crippen LogP contribution in [0.25, 0.3) is 5.65 Å². The zero-order valence-corrected chi connectivity index (χ0v) is 14.5. The molecule has 26 heavy (non-hydrogen) atoms. The fourth-order valence-corrected chi connectivity index (χ4v) is 3.26. The third-order valence-electron chi connectivity index (χ3n) is 4.72. The molecule has 1 aliphatic rings. The van der Waals surface area contributed by atoms with Gasteiger partial charge in [-0.05, 0) is 32.3 Å². The number of amides is 1. The van der Waals surface area contributed by atoms with Crippen LogP contribution >= 0.6 is 0 Å². The molecular weight excluding hydrogens is 349 g/mol. The van der Waals surface area contributed by atoms with Crippen LogP contribution in [0.4, 0.5) is 13.2 Å². The van der Waals surface area contributed by atoms with Gasteiger partial charge in [0, 0.05) is 42.5 Å². The highest BCUT2D eigenvalue weighted by Gasteiger charge is 2.35. The fraction of sp³-hybridized carbons (Fsp3) is 0.471. The molecule has 0 atom stereocenters. The van der Waals surface area contributed by atoms with Crippen LogP contribution in [0.3, 0.4) is 0 Å². The van der Waals surface area contributed by atoms with Gasteiger partial charge in [-0.2, -0.15) is 13.2 Å². The van der Waals surface area contributed by atoms with Gasteiger partial charge in [-0.25, -0.2) is 9.50 Å². The first-order valence-electron chi connectivity index (χ1n) is 8.28. The number of hydrogen-bond donors (Lipinski definition) is 1. The van der Waals surface area contributed by atoms with E-state index in [-0.39, 0.29) is 37.4 Å². The van der Waals surface area contributed by atoms with Gasteiger partial charge in [0.15, 0.2) is 5.65 Å². The second-order valence-electron chi connectivity index (χ2n) is 6.39. The minimum atomic E-state index is -4.32. The van der Waals surface area contributed by atoms with Crippen LogP contribution in [-0.4, -0.2) is 44.7 Å². The quantitative estimate of drug-likeness (QED) is 0.845. The number of hydrogen-bond acceptors (Lipinski definition) is 3. The Labute approximate surface area is 147 Å². The van der Waals surface area contributed by atoms with E-state index in [4.69, 9.17) is 0 Å². The molecule has 3 rings (SSSR count). The Morgan fingerprint density at radius 1 is 1.35 bits per heavy atom. The Morgan fingerprint density at radius 2 is 2.08 bits per heavy atom. The lowest BCUT2D eigenvalue weighted by atomic mass is 10.0. The SMILES string of the molecule is Cc1nc2cc(=O)[nH]n2c(C)c1CCC(=O)N1CC=C(C(F)(F)F)CC1. The van der Waals surface area contributed by atoms with Crippen molar-refractivity contribution in [3.63, 3.8) is 0 Å². The van der Waals surface area contributed by atoms with E-state index in [2.05, 4.69) is 10.1 Å². The van der Waals surface area contributed by atoms with Crippen molar-refractivity contribution in [1.82, 2.24) is 19.5 Å². The van der Waals surface area contributed by atoms with Crippen molar-refractivity contribution < 1.29 is 18.0 Å². The van der Waals surface area contributed by atoms with Gasteiger partial charge in [0.2, 0.25) is 5.91 Å². The summed E-state index contributed by atoms with van der Waals surface area (Å²) in [5.41, 5.74) is 2.06. The monoisotopic (exact) mass is 368 g/mol. The highest BCUT2D eigenvalue weighted by atomic mass is 19.4. The molecule has 2 aromatic rings. The fourth-order valence-electron chi connectivity index (χ4n) is 3.26. The number of aromatic nitrogens is 3. The Bertz CT molecular complexity index is 940. The molecular formula is C17H19F3N4O2. The van der Waals surface area contributed by atoms with Crippen LogP contribution in [0.2, 0.25) is 0 Å². The van der Waals surface area contributed by atoms with Gasteiger partial charge in [0.05, 0.1) is 0 Å². The van der Waals surface area contributed by atoms with E-state index in [1.807, 2.05) is 13.8 Å². The number of aryl methyl sites for hydroxylation is 2. The molecule has 0 aliphatic carbocycles. The maximum absolute atomic E-state index is 12.7. The summed E-state index contributed by atoms with van der Waals surface area (Å²) in [6, 6.07) is 1.40. The lowest BCUT2D eigenvalue weighted by Gasteiger charge is -2.27. The average Bonchev–Trinajstić information content (AvgIpc) is 2.94. The second kappa shape index (κ2) is 6.62. The molecule has 3 heterocycles. The van der Waals surface area contributed by atoms with E-state index in [0.717, 1.165) is 23.0 Å². The number of aromatic amines is 1. The molecule has 1 amide bonds. The zero-order valence-electron chi connectivity index (χ0n) is 14.5. The molecule has 0 aromatic carbocycles. The molecule has 6 nitrogen and oxygen atoms in total. The summed E-state index contributed by atoms with van der Waals surface area (Å²) in [6.45, 7) is 3.69. The Kier molecular flexibility index (Phi) is 4.64. The molecule has 0 saturated heterocycles. The van der Waals surface area contributed by atoms with Crippen molar-refractivity contribution in [3.05, 3.63) is 45.0 Å². The van der Waals surface area contributed by atoms with Crippen LogP contribution < -0.4 is 5.56 Å². The molecule has 0 radical (unpaired) electrons. The topological polar surface area (TPSA) is 70.5 Å². The maximum Gasteiger partial charge on any atom is 0.412 e. The lowest BCUT2D eigenvalue weighted by Crippen LogP contribution is -2.37. The van der Waals surface area contributed by atoms with Crippen molar-refractivity contribution in [2.75, 3.05) is 13.1 Å². The number of alkyl halides is 3. The number of nitrogens with zero attached hydrogens (tertiary/aromatic N) is 3. The minimum Gasteiger partial charge on any atom is -0.339 e. The van der Waals surface area contributed by atoms with Crippen molar-refractivity contribution in [1.29, 1.82) is 0 Å². The summed E-state index contributed by atoms with van der Waals surface area (Å²) in [4.78, 5) is 29.6. The number of fused-ring (bicyclic) bond motifs is 1. The molecule has 1 N–H and O–H groups in total. The summed E-state index contributed by atoms with van der Waals surface area (Å²) >= 11 is 0. The molecule has 0 saturated carbocycles. The molecule has 0 bridgehead atoms. The molecule has 0 spiro atoms. The van der Waals surface area contributed by atoms with Crippen LogP contribution in [-0.2, 0) is 11.2 Å². The Balaban J connectivity index is 1.70. The normalized spacial score (nSPS) is 15.4. The molecule has 0 fully saturated rings. The third-order valence-corrected chi connectivity index (χ3v) is 4.72. The number of H-pyrrole nitrogens is 1. The van der Waals surface area contributed by atoms with Gasteiger partial charge in [-0.1, -0.05) is 6.08 Å². The summed E-state index contributed by atoms with van der Waals surface area (Å²) in [7, 11) is 0. The van der Waals surface area contributed by atoms with Gasteiger partial charge in [0.25, 0.3) is 5.56 Å². The Morgan fingerprint density at radius 3 is 2.69 bits per heavy atom. The summed E-state index contributed by atoms with van der Waals surface area (Å²) in [6.07, 6.45) is -2.83. The minimum absolute atomic E-state index is 0.0200. The third kappa shape index (κ3) is 3.51.